The second kappa shape index (κ2) is 11.5. The van der Waals surface area contributed by atoms with Gasteiger partial charge in [-0.05, 0) is 42.9 Å². The molecule has 0 aliphatic carbocycles. The van der Waals surface area contributed by atoms with Crippen LogP contribution in [0.15, 0.2) is 42.5 Å². The Bertz CT molecular complexity index is 970. The molecule has 1 heterocycles. The van der Waals surface area contributed by atoms with E-state index >= 15 is 0 Å². The Morgan fingerprint density at radius 3 is 2.27 bits per heavy atom. The summed E-state index contributed by atoms with van der Waals surface area (Å²) in [5.74, 6) is 0.586. The number of likely N-dealkylation sites (tertiary alicyclic amines) is 1. The van der Waals surface area contributed by atoms with Crippen molar-refractivity contribution in [1.29, 1.82) is 0 Å². The third-order valence-electron chi connectivity index (χ3n) is 5.69. The molecule has 0 aromatic heterocycles. The maximum Gasteiger partial charge on any atom is 0.255 e. The average molecular weight is 454 g/mol. The molecule has 1 N–H and O–H groups in total. The molecule has 0 radical (unpaired) electrons. The van der Waals surface area contributed by atoms with Crippen molar-refractivity contribution in [3.63, 3.8) is 0 Å². The molecule has 1 saturated heterocycles. The number of nitrogens with zero attached hydrogens (tertiary/aromatic N) is 2. The maximum atomic E-state index is 12.7. The van der Waals surface area contributed by atoms with E-state index in [1.807, 2.05) is 0 Å². The molecule has 8 heteroatoms. The maximum absolute atomic E-state index is 12.7. The van der Waals surface area contributed by atoms with Crippen molar-refractivity contribution in [3.05, 3.63) is 53.6 Å². The predicted octanol–water partition coefficient (Wildman–Crippen LogP) is 3.32. The van der Waals surface area contributed by atoms with Crippen molar-refractivity contribution < 1.29 is 23.9 Å². The van der Waals surface area contributed by atoms with Crippen LogP contribution in [0.1, 0.15) is 42.6 Å². The molecule has 0 atom stereocenters. The first-order chi connectivity index (χ1) is 15.9. The van der Waals surface area contributed by atoms with Gasteiger partial charge in [0.2, 0.25) is 11.8 Å². The van der Waals surface area contributed by atoms with Crippen LogP contribution < -0.4 is 14.8 Å². The van der Waals surface area contributed by atoms with Crippen molar-refractivity contribution in [2.75, 3.05) is 38.7 Å². The number of rotatable bonds is 11. The van der Waals surface area contributed by atoms with Gasteiger partial charge >= 0.3 is 0 Å². The Morgan fingerprint density at radius 1 is 1.00 bits per heavy atom. The van der Waals surface area contributed by atoms with Gasteiger partial charge in [0, 0.05) is 36.7 Å². The second-order valence-electron chi connectivity index (χ2n) is 7.77. The normalized spacial score (nSPS) is 13.5. The number of anilines is 1. The van der Waals surface area contributed by atoms with Crippen LogP contribution in [0.3, 0.4) is 0 Å². The number of nitrogens with one attached hydrogen (secondary N) is 1. The molecular formula is C25H31N3O5. The molecule has 8 nitrogen and oxygen atoms in total. The zero-order valence-electron chi connectivity index (χ0n) is 19.4. The number of benzene rings is 2. The fourth-order valence-electron chi connectivity index (χ4n) is 3.64. The summed E-state index contributed by atoms with van der Waals surface area (Å²) in [6.07, 6.45) is 0.532. The Balaban J connectivity index is 1.62. The summed E-state index contributed by atoms with van der Waals surface area (Å²) in [5, 5.41) is 2.87. The van der Waals surface area contributed by atoms with Crippen LogP contribution in [0, 0.1) is 0 Å². The highest BCUT2D eigenvalue weighted by Crippen LogP contribution is 2.30. The summed E-state index contributed by atoms with van der Waals surface area (Å²) >= 11 is 0. The molecule has 0 saturated carbocycles. The first-order valence-electron chi connectivity index (χ1n) is 11.2. The van der Waals surface area contributed by atoms with Gasteiger partial charge in [-0.3, -0.25) is 19.3 Å². The molecule has 3 rings (SSSR count). The highest BCUT2D eigenvalue weighted by Gasteiger charge is 2.28. The Morgan fingerprint density at radius 2 is 1.67 bits per heavy atom. The smallest absolute Gasteiger partial charge is 0.255 e. The molecule has 33 heavy (non-hydrogen) atoms. The van der Waals surface area contributed by atoms with E-state index in [4.69, 9.17) is 9.47 Å². The van der Waals surface area contributed by atoms with E-state index in [2.05, 4.69) is 24.1 Å². The van der Waals surface area contributed by atoms with Crippen LogP contribution in [-0.4, -0.2) is 60.9 Å². The summed E-state index contributed by atoms with van der Waals surface area (Å²) in [4.78, 5) is 39.8. The van der Waals surface area contributed by atoms with E-state index < -0.39 is 0 Å². The van der Waals surface area contributed by atoms with Crippen LogP contribution >= 0.6 is 0 Å². The number of carbonyl (C=O) groups excluding carboxylic acids is 3. The van der Waals surface area contributed by atoms with Crippen molar-refractivity contribution in [1.82, 2.24) is 9.80 Å². The lowest BCUT2D eigenvalue weighted by atomic mass is 10.1. The Hall–Kier alpha value is -3.39. The molecular weight excluding hydrogens is 422 g/mol. The summed E-state index contributed by atoms with van der Waals surface area (Å²) in [7, 11) is 1.58. The molecule has 3 amide bonds. The highest BCUT2D eigenvalue weighted by atomic mass is 16.5. The number of ether oxygens (including phenoxy) is 2. The highest BCUT2D eigenvalue weighted by molar-refractivity contribution is 6.04. The lowest BCUT2D eigenvalue weighted by Gasteiger charge is -2.19. The molecule has 0 unspecified atom stereocenters. The van der Waals surface area contributed by atoms with Crippen molar-refractivity contribution >= 4 is 23.4 Å². The number of methoxy groups -OCH3 is 1. The number of hydrogen-bond donors (Lipinski definition) is 1. The van der Waals surface area contributed by atoms with Gasteiger partial charge < -0.3 is 19.7 Å². The molecule has 0 bridgehead atoms. The number of hydrogen-bond acceptors (Lipinski definition) is 6. The zero-order chi connectivity index (χ0) is 23.8. The van der Waals surface area contributed by atoms with Gasteiger partial charge in [0.25, 0.3) is 5.91 Å². The number of amides is 3. The monoisotopic (exact) mass is 453 g/mol. The number of carbonyl (C=O) groups is 3. The zero-order valence-corrected chi connectivity index (χ0v) is 19.4. The van der Waals surface area contributed by atoms with E-state index in [1.165, 1.54) is 4.90 Å². The van der Waals surface area contributed by atoms with Gasteiger partial charge in [-0.25, -0.2) is 0 Å². The quantitative estimate of drug-likeness (QED) is 0.525. The molecule has 2 aromatic carbocycles. The minimum Gasteiger partial charge on any atom is -0.493 e. The fourth-order valence-corrected chi connectivity index (χ4v) is 3.64. The van der Waals surface area contributed by atoms with Crippen LogP contribution in [0.5, 0.6) is 11.5 Å². The van der Waals surface area contributed by atoms with E-state index in [1.54, 1.807) is 49.6 Å². The summed E-state index contributed by atoms with van der Waals surface area (Å²) in [6.45, 7) is 7.67. The molecule has 1 aliphatic heterocycles. The van der Waals surface area contributed by atoms with Gasteiger partial charge in [0.15, 0.2) is 11.5 Å². The predicted molar refractivity (Wildman–Crippen MR) is 125 cm³/mol. The minimum absolute atomic E-state index is 0.156. The van der Waals surface area contributed by atoms with Crippen molar-refractivity contribution in [3.8, 4) is 11.5 Å². The van der Waals surface area contributed by atoms with Crippen LogP contribution in [0.4, 0.5) is 5.69 Å². The minimum atomic E-state index is -0.269. The van der Waals surface area contributed by atoms with Gasteiger partial charge in [-0.15, -0.1) is 0 Å². The average Bonchev–Trinajstić information content (AvgIpc) is 3.14. The van der Waals surface area contributed by atoms with E-state index in [-0.39, 0.29) is 37.1 Å². The summed E-state index contributed by atoms with van der Waals surface area (Å²) in [5.41, 5.74) is 1.86. The fraction of sp³-hybridized carbons (Fsp3) is 0.400. The van der Waals surface area contributed by atoms with Crippen LogP contribution in [0.2, 0.25) is 0 Å². The van der Waals surface area contributed by atoms with E-state index in [0.29, 0.717) is 29.4 Å². The third kappa shape index (κ3) is 6.32. The standard InChI is InChI=1S/C25H31N3O5/c1-4-27(5-2)14-15-33-22-16-20(10-11-21(22)32-3)26-25(31)19-8-6-18(7-9-19)17-28-23(29)12-13-24(28)30/h6-11,16H,4-5,12-15,17H2,1-3H3,(H,26,31). The summed E-state index contributed by atoms with van der Waals surface area (Å²) < 4.78 is 11.3. The molecule has 1 fully saturated rings. The first-order valence-corrected chi connectivity index (χ1v) is 11.2. The van der Waals surface area contributed by atoms with Crippen LogP contribution in [0.25, 0.3) is 0 Å². The van der Waals surface area contributed by atoms with Gasteiger partial charge in [-0.2, -0.15) is 0 Å². The van der Waals surface area contributed by atoms with Crippen molar-refractivity contribution in [2.45, 2.75) is 33.2 Å². The molecule has 1 aliphatic rings. The number of imide groups is 1. The van der Waals surface area contributed by atoms with E-state index in [0.717, 1.165) is 25.2 Å². The third-order valence-corrected chi connectivity index (χ3v) is 5.69. The van der Waals surface area contributed by atoms with Gasteiger partial charge in [0.05, 0.1) is 13.7 Å². The summed E-state index contributed by atoms with van der Waals surface area (Å²) in [6, 6.07) is 12.1. The lowest BCUT2D eigenvalue weighted by Crippen LogP contribution is -2.28. The Labute approximate surface area is 194 Å². The topological polar surface area (TPSA) is 88.2 Å². The number of likely N-dealkylation sites (N-methyl/N-ethyl adjacent to an activating group) is 1. The van der Waals surface area contributed by atoms with Crippen molar-refractivity contribution in [2.24, 2.45) is 0 Å². The first kappa shape index (κ1) is 24.3. The van der Waals surface area contributed by atoms with E-state index in [9.17, 15) is 14.4 Å². The van der Waals surface area contributed by atoms with Gasteiger partial charge in [-0.1, -0.05) is 26.0 Å². The molecule has 0 spiro atoms. The van der Waals surface area contributed by atoms with Gasteiger partial charge in [0.1, 0.15) is 6.61 Å². The molecule has 176 valence electrons. The second-order valence-corrected chi connectivity index (χ2v) is 7.77. The Kier molecular flexibility index (Phi) is 8.43. The lowest BCUT2D eigenvalue weighted by molar-refractivity contribution is -0.139. The largest absolute Gasteiger partial charge is 0.493 e. The molecule has 2 aromatic rings. The van der Waals surface area contributed by atoms with Crippen LogP contribution in [-0.2, 0) is 16.1 Å². The SMILES string of the molecule is CCN(CC)CCOc1cc(NC(=O)c2ccc(CN3C(=O)CCC3=O)cc2)ccc1OC.